The molecule has 1 aliphatic heterocycles. The van der Waals surface area contributed by atoms with E-state index in [-0.39, 0.29) is 11.3 Å². The quantitative estimate of drug-likeness (QED) is 0.910. The summed E-state index contributed by atoms with van der Waals surface area (Å²) in [4.78, 5) is 0.237. The SMILES string of the molecule is CC1(O)CCN(S(=O)(=O)c2ccc(CC#N)cc2)CC1. The molecule has 0 amide bonds. The Balaban J connectivity index is 2.17. The summed E-state index contributed by atoms with van der Waals surface area (Å²) in [5.41, 5.74) is 0.0240. The molecular formula is C14H18N2O3S. The van der Waals surface area contributed by atoms with Gasteiger partial charge in [-0.05, 0) is 37.5 Å². The number of hydrogen-bond acceptors (Lipinski definition) is 4. The van der Waals surface area contributed by atoms with Crippen molar-refractivity contribution in [3.63, 3.8) is 0 Å². The Morgan fingerprint density at radius 3 is 2.35 bits per heavy atom. The average Bonchev–Trinajstić information content (AvgIpc) is 2.39. The number of piperidine rings is 1. The summed E-state index contributed by atoms with van der Waals surface area (Å²) in [7, 11) is -3.50. The van der Waals surface area contributed by atoms with E-state index in [1.54, 1.807) is 19.1 Å². The van der Waals surface area contributed by atoms with Crippen LogP contribution in [0.1, 0.15) is 25.3 Å². The van der Waals surface area contributed by atoms with Gasteiger partial charge in [0.15, 0.2) is 0 Å². The lowest BCUT2D eigenvalue weighted by Gasteiger charge is -2.34. The lowest BCUT2D eigenvalue weighted by Crippen LogP contribution is -2.45. The van der Waals surface area contributed by atoms with Crippen LogP contribution in [0.2, 0.25) is 0 Å². The van der Waals surface area contributed by atoms with Crippen LogP contribution in [0.3, 0.4) is 0 Å². The van der Waals surface area contributed by atoms with Crippen molar-refractivity contribution in [3.05, 3.63) is 29.8 Å². The molecule has 20 heavy (non-hydrogen) atoms. The zero-order chi connectivity index (χ0) is 14.8. The first-order valence-electron chi connectivity index (χ1n) is 6.54. The topological polar surface area (TPSA) is 81.4 Å². The predicted octanol–water partition coefficient (Wildman–Crippen LogP) is 1.29. The van der Waals surface area contributed by atoms with Gasteiger partial charge in [-0.2, -0.15) is 9.57 Å². The van der Waals surface area contributed by atoms with E-state index in [4.69, 9.17) is 5.26 Å². The van der Waals surface area contributed by atoms with Crippen molar-refractivity contribution in [2.24, 2.45) is 0 Å². The van der Waals surface area contributed by atoms with Crippen LogP contribution < -0.4 is 0 Å². The van der Waals surface area contributed by atoms with Crippen molar-refractivity contribution in [1.82, 2.24) is 4.31 Å². The highest BCUT2D eigenvalue weighted by Gasteiger charge is 2.33. The minimum Gasteiger partial charge on any atom is -0.390 e. The zero-order valence-electron chi connectivity index (χ0n) is 11.4. The van der Waals surface area contributed by atoms with Crippen LogP contribution in [0, 0.1) is 11.3 Å². The van der Waals surface area contributed by atoms with Gasteiger partial charge in [0.25, 0.3) is 0 Å². The monoisotopic (exact) mass is 294 g/mol. The molecule has 0 saturated carbocycles. The molecule has 1 fully saturated rings. The Bertz CT molecular complexity index is 605. The fraction of sp³-hybridized carbons (Fsp3) is 0.500. The molecule has 1 heterocycles. The second-order valence-electron chi connectivity index (χ2n) is 5.38. The maximum atomic E-state index is 12.4. The van der Waals surface area contributed by atoms with E-state index in [2.05, 4.69) is 0 Å². The van der Waals surface area contributed by atoms with Crippen LogP contribution in [0.25, 0.3) is 0 Å². The molecule has 0 aliphatic carbocycles. The number of aliphatic hydroxyl groups is 1. The fourth-order valence-electron chi connectivity index (χ4n) is 2.23. The number of nitriles is 1. The number of nitrogens with zero attached hydrogens (tertiary/aromatic N) is 2. The summed E-state index contributed by atoms with van der Waals surface area (Å²) in [6.45, 7) is 2.39. The summed E-state index contributed by atoms with van der Waals surface area (Å²) in [6, 6.07) is 8.43. The van der Waals surface area contributed by atoms with Gasteiger partial charge in [0.05, 0.1) is 23.0 Å². The predicted molar refractivity (Wildman–Crippen MR) is 74.4 cm³/mol. The van der Waals surface area contributed by atoms with Crippen molar-refractivity contribution in [2.75, 3.05) is 13.1 Å². The minimum absolute atomic E-state index is 0.237. The van der Waals surface area contributed by atoms with E-state index in [1.807, 2.05) is 6.07 Å². The van der Waals surface area contributed by atoms with Crippen LogP contribution in [0.15, 0.2) is 29.2 Å². The van der Waals surface area contributed by atoms with Crippen LogP contribution >= 0.6 is 0 Å². The average molecular weight is 294 g/mol. The molecule has 0 unspecified atom stereocenters. The molecule has 6 heteroatoms. The molecule has 0 spiro atoms. The second kappa shape index (κ2) is 5.52. The van der Waals surface area contributed by atoms with Gasteiger partial charge in [-0.3, -0.25) is 0 Å². The van der Waals surface area contributed by atoms with Gasteiger partial charge in [-0.15, -0.1) is 0 Å². The van der Waals surface area contributed by atoms with Crippen LogP contribution in [-0.2, 0) is 16.4 Å². The Kier molecular flexibility index (Phi) is 4.14. The Hall–Kier alpha value is -1.42. The van der Waals surface area contributed by atoms with Crippen molar-refractivity contribution in [1.29, 1.82) is 5.26 Å². The number of hydrogen-bond donors (Lipinski definition) is 1. The van der Waals surface area contributed by atoms with Gasteiger partial charge in [0, 0.05) is 13.1 Å². The van der Waals surface area contributed by atoms with Gasteiger partial charge in [-0.1, -0.05) is 12.1 Å². The molecule has 0 aromatic heterocycles. The zero-order valence-corrected chi connectivity index (χ0v) is 12.2. The first kappa shape index (κ1) is 15.0. The van der Waals surface area contributed by atoms with Crippen LogP contribution in [0.5, 0.6) is 0 Å². The third kappa shape index (κ3) is 3.18. The first-order chi connectivity index (χ1) is 9.35. The number of sulfonamides is 1. The van der Waals surface area contributed by atoms with Gasteiger partial charge in [0.2, 0.25) is 10.0 Å². The molecule has 0 radical (unpaired) electrons. The number of benzene rings is 1. The summed E-state index contributed by atoms with van der Waals surface area (Å²) in [6.07, 6.45) is 1.16. The highest BCUT2D eigenvalue weighted by molar-refractivity contribution is 7.89. The lowest BCUT2D eigenvalue weighted by atomic mass is 9.95. The van der Waals surface area contributed by atoms with Gasteiger partial charge in [0.1, 0.15) is 0 Å². The van der Waals surface area contributed by atoms with E-state index < -0.39 is 15.6 Å². The molecule has 108 valence electrons. The molecule has 1 aliphatic rings. The summed E-state index contributed by atoms with van der Waals surface area (Å²) in [5, 5.41) is 18.5. The third-order valence-electron chi connectivity index (χ3n) is 3.64. The third-order valence-corrected chi connectivity index (χ3v) is 5.56. The molecule has 5 nitrogen and oxygen atoms in total. The summed E-state index contributed by atoms with van der Waals surface area (Å²) < 4.78 is 26.3. The molecule has 0 bridgehead atoms. The maximum absolute atomic E-state index is 12.4. The molecule has 1 aromatic rings. The van der Waals surface area contributed by atoms with E-state index in [1.165, 1.54) is 16.4 Å². The first-order valence-corrected chi connectivity index (χ1v) is 7.98. The minimum atomic E-state index is -3.50. The molecule has 1 saturated heterocycles. The normalized spacial score (nSPS) is 19.4. The Labute approximate surface area is 119 Å². The Morgan fingerprint density at radius 2 is 1.85 bits per heavy atom. The van der Waals surface area contributed by atoms with E-state index in [0.29, 0.717) is 25.9 Å². The lowest BCUT2D eigenvalue weighted by molar-refractivity contribution is 0.0126. The molecule has 1 N–H and O–H groups in total. The van der Waals surface area contributed by atoms with Crippen LogP contribution in [-0.4, -0.2) is 36.5 Å². The largest absolute Gasteiger partial charge is 0.390 e. The van der Waals surface area contributed by atoms with Gasteiger partial charge >= 0.3 is 0 Å². The maximum Gasteiger partial charge on any atom is 0.243 e. The van der Waals surface area contributed by atoms with E-state index in [0.717, 1.165) is 5.56 Å². The second-order valence-corrected chi connectivity index (χ2v) is 7.32. The molecule has 0 atom stereocenters. The summed E-state index contributed by atoms with van der Waals surface area (Å²) >= 11 is 0. The molecule has 1 aromatic carbocycles. The van der Waals surface area contributed by atoms with Crippen molar-refractivity contribution in [3.8, 4) is 6.07 Å². The van der Waals surface area contributed by atoms with Gasteiger partial charge in [-0.25, -0.2) is 8.42 Å². The number of rotatable bonds is 3. The Morgan fingerprint density at radius 1 is 1.30 bits per heavy atom. The highest BCUT2D eigenvalue weighted by atomic mass is 32.2. The van der Waals surface area contributed by atoms with Crippen molar-refractivity contribution in [2.45, 2.75) is 36.7 Å². The standard InChI is InChI=1S/C14H18N2O3S/c1-14(17)7-10-16(11-8-14)20(18,19)13-4-2-12(3-5-13)6-9-15/h2-5,17H,6-8,10-11H2,1H3. The van der Waals surface area contributed by atoms with Crippen molar-refractivity contribution < 1.29 is 13.5 Å². The highest BCUT2D eigenvalue weighted by Crippen LogP contribution is 2.26. The smallest absolute Gasteiger partial charge is 0.243 e. The molecular weight excluding hydrogens is 276 g/mol. The summed E-state index contributed by atoms with van der Waals surface area (Å²) in [5.74, 6) is 0. The molecule has 2 rings (SSSR count). The van der Waals surface area contributed by atoms with Crippen molar-refractivity contribution >= 4 is 10.0 Å². The fourth-order valence-corrected chi connectivity index (χ4v) is 3.67. The van der Waals surface area contributed by atoms with Crippen LogP contribution in [0.4, 0.5) is 0 Å². The van der Waals surface area contributed by atoms with Gasteiger partial charge < -0.3 is 5.11 Å². The van der Waals surface area contributed by atoms with E-state index in [9.17, 15) is 13.5 Å². The van der Waals surface area contributed by atoms with E-state index >= 15 is 0 Å².